The molecule has 0 saturated carbocycles. The molecule has 0 aromatic heterocycles. The number of aliphatic hydroxyl groups is 2. The number of esters is 1. The first-order valence-corrected chi connectivity index (χ1v) is 19.5. The number of benzene rings is 1. The number of hydrogen-bond donors (Lipinski definition) is 2. The number of ether oxygens (including phenoxy) is 7. The first kappa shape index (κ1) is 40.9. The molecule has 12 atom stereocenters. The highest BCUT2D eigenvalue weighted by Crippen LogP contribution is 2.42. The van der Waals surface area contributed by atoms with Gasteiger partial charge in [-0.25, -0.2) is 0 Å². The number of carbonyl (C=O) groups is 1. The molecule has 292 valence electrons. The molecule has 0 amide bonds. The molecule has 1 aromatic carbocycles. The zero-order valence-electron chi connectivity index (χ0n) is 32.3. The van der Waals surface area contributed by atoms with Crippen molar-refractivity contribution < 1.29 is 48.2 Å². The van der Waals surface area contributed by atoms with E-state index in [0.29, 0.717) is 32.5 Å². The Hall–Kier alpha value is -2.31. The van der Waals surface area contributed by atoms with Gasteiger partial charge in [0.1, 0.15) is 5.75 Å². The Bertz CT molecular complexity index is 1320. The van der Waals surface area contributed by atoms with E-state index in [4.69, 9.17) is 33.2 Å². The Morgan fingerprint density at radius 1 is 0.923 bits per heavy atom. The van der Waals surface area contributed by atoms with E-state index < -0.39 is 17.6 Å². The minimum Gasteiger partial charge on any atom is -0.497 e. The van der Waals surface area contributed by atoms with Crippen molar-refractivity contribution in [3.8, 4) is 5.75 Å². The number of hydrogen-bond acceptors (Lipinski definition) is 10. The normalized spacial score (nSPS) is 35.3. The van der Waals surface area contributed by atoms with E-state index in [1.807, 2.05) is 45.0 Å². The van der Waals surface area contributed by atoms with Crippen LogP contribution in [-0.4, -0.2) is 97.5 Å². The Morgan fingerprint density at radius 3 is 2.35 bits per heavy atom. The van der Waals surface area contributed by atoms with Crippen molar-refractivity contribution in [3.05, 3.63) is 54.1 Å². The standard InChI is InChI=1S/C42H64O10/c1-25-20-32(15-16-34-26(2)21-31(49-34)10-9-19-47-41(45)42(5,6)7)50-36(27(25)3)23-38-39(48-24-29-11-13-30(46-8)14-12-29)28(4)40-37(51-38)22-33(44)35(52-40)17-18-43/h11-14,25,28,31-40,43-44H,2-3,9-10,15-24H2,1,4-8H3/t25-,28-,31+,32+,33?,34?,35-,36?,37?,38+,39-,40+/m1/s1. The molecule has 4 fully saturated rings. The van der Waals surface area contributed by atoms with Gasteiger partial charge in [0.2, 0.25) is 0 Å². The van der Waals surface area contributed by atoms with E-state index in [0.717, 1.165) is 61.0 Å². The van der Waals surface area contributed by atoms with Gasteiger partial charge >= 0.3 is 5.97 Å². The molecule has 0 aliphatic carbocycles. The monoisotopic (exact) mass is 728 g/mol. The van der Waals surface area contributed by atoms with Crippen molar-refractivity contribution >= 4 is 5.97 Å². The lowest BCUT2D eigenvalue weighted by atomic mass is 9.79. The first-order chi connectivity index (χ1) is 24.8. The largest absolute Gasteiger partial charge is 0.497 e. The predicted molar refractivity (Wildman–Crippen MR) is 198 cm³/mol. The second-order valence-corrected chi connectivity index (χ2v) is 16.6. The lowest BCUT2D eigenvalue weighted by molar-refractivity contribution is -0.277. The Balaban J connectivity index is 1.19. The van der Waals surface area contributed by atoms with E-state index >= 15 is 0 Å². The Morgan fingerprint density at radius 2 is 1.65 bits per heavy atom. The molecule has 5 rings (SSSR count). The van der Waals surface area contributed by atoms with Crippen molar-refractivity contribution in [1.82, 2.24) is 0 Å². The first-order valence-electron chi connectivity index (χ1n) is 19.5. The second kappa shape index (κ2) is 18.3. The van der Waals surface area contributed by atoms with Gasteiger partial charge in [-0.15, -0.1) is 0 Å². The molecular formula is C42H64O10. The molecule has 4 unspecified atom stereocenters. The van der Waals surface area contributed by atoms with E-state index in [1.54, 1.807) is 7.11 Å². The van der Waals surface area contributed by atoms with Gasteiger partial charge in [-0.1, -0.05) is 39.1 Å². The third-order valence-electron chi connectivity index (χ3n) is 11.4. The molecule has 4 aliphatic rings. The van der Waals surface area contributed by atoms with Crippen LogP contribution in [0.3, 0.4) is 0 Å². The van der Waals surface area contributed by atoms with Crippen molar-refractivity contribution in [3.63, 3.8) is 0 Å². The Labute approximate surface area is 311 Å². The average Bonchev–Trinajstić information content (AvgIpc) is 3.46. The summed E-state index contributed by atoms with van der Waals surface area (Å²) in [6.45, 7) is 19.5. The van der Waals surface area contributed by atoms with Crippen LogP contribution in [0.4, 0.5) is 0 Å². The Kier molecular flexibility index (Phi) is 14.4. The molecule has 0 bridgehead atoms. The van der Waals surface area contributed by atoms with Crippen molar-refractivity contribution in [1.29, 1.82) is 0 Å². The van der Waals surface area contributed by atoms with Crippen LogP contribution in [0.25, 0.3) is 0 Å². The molecule has 4 saturated heterocycles. The highest BCUT2D eigenvalue weighted by atomic mass is 16.6. The van der Waals surface area contributed by atoms with Gasteiger partial charge in [-0.3, -0.25) is 4.79 Å². The van der Waals surface area contributed by atoms with E-state index in [-0.39, 0.29) is 73.2 Å². The maximum absolute atomic E-state index is 12.1. The van der Waals surface area contributed by atoms with Crippen LogP contribution in [0.15, 0.2) is 48.6 Å². The van der Waals surface area contributed by atoms with Crippen LogP contribution in [-0.2, 0) is 39.8 Å². The van der Waals surface area contributed by atoms with E-state index in [1.165, 1.54) is 0 Å². The SMILES string of the molecule is C=C1C[C@H](CCCOC(=O)C(C)(C)C)OC1CC[C@H]1C[C@@H](C)C(=C)C(C[C@@H]2OC3CC(O)[C@@H](CCO)O[C@H]3[C@H](C)[C@H]2OCc2ccc(OC)cc2)O1. The zero-order chi connectivity index (χ0) is 37.6. The average molecular weight is 729 g/mol. The fourth-order valence-corrected chi connectivity index (χ4v) is 8.19. The molecule has 52 heavy (non-hydrogen) atoms. The molecule has 1 aromatic rings. The van der Waals surface area contributed by atoms with Crippen LogP contribution in [0.2, 0.25) is 0 Å². The van der Waals surface area contributed by atoms with Crippen molar-refractivity contribution in [2.24, 2.45) is 17.3 Å². The minimum absolute atomic E-state index is 0.00723. The van der Waals surface area contributed by atoms with Gasteiger partial charge < -0.3 is 43.4 Å². The van der Waals surface area contributed by atoms with Gasteiger partial charge in [0.05, 0.1) is 86.8 Å². The summed E-state index contributed by atoms with van der Waals surface area (Å²) in [4.78, 5) is 12.1. The molecule has 4 heterocycles. The topological polar surface area (TPSA) is 122 Å². The van der Waals surface area contributed by atoms with Crippen LogP contribution in [0.5, 0.6) is 5.75 Å². The van der Waals surface area contributed by atoms with Crippen LogP contribution < -0.4 is 4.74 Å². The fraction of sp³-hybridized carbons (Fsp3) is 0.738. The highest BCUT2D eigenvalue weighted by Gasteiger charge is 2.50. The minimum atomic E-state index is -0.707. The van der Waals surface area contributed by atoms with E-state index in [9.17, 15) is 15.0 Å². The van der Waals surface area contributed by atoms with Gasteiger partial charge in [0, 0.05) is 25.4 Å². The smallest absolute Gasteiger partial charge is 0.311 e. The molecule has 10 nitrogen and oxygen atoms in total. The predicted octanol–water partition coefficient (Wildman–Crippen LogP) is 6.49. The lowest BCUT2D eigenvalue weighted by Gasteiger charge is -2.51. The summed E-state index contributed by atoms with van der Waals surface area (Å²) >= 11 is 0. The van der Waals surface area contributed by atoms with Crippen LogP contribution in [0.1, 0.15) is 98.0 Å². The van der Waals surface area contributed by atoms with Gasteiger partial charge in [-0.05, 0) is 100 Å². The summed E-state index contributed by atoms with van der Waals surface area (Å²) in [5.74, 6) is 0.875. The summed E-state index contributed by atoms with van der Waals surface area (Å²) in [5, 5.41) is 20.4. The van der Waals surface area contributed by atoms with Crippen LogP contribution in [0, 0.1) is 17.3 Å². The number of rotatable bonds is 15. The molecule has 2 N–H and O–H groups in total. The third kappa shape index (κ3) is 10.5. The molecule has 0 spiro atoms. The third-order valence-corrected chi connectivity index (χ3v) is 11.4. The van der Waals surface area contributed by atoms with Crippen molar-refractivity contribution in [2.45, 2.75) is 160 Å². The number of fused-ring (bicyclic) bond motifs is 1. The number of methoxy groups -OCH3 is 1. The summed E-state index contributed by atoms with van der Waals surface area (Å²) in [7, 11) is 1.65. The summed E-state index contributed by atoms with van der Waals surface area (Å²) in [6.07, 6.45) is 4.06. The highest BCUT2D eigenvalue weighted by molar-refractivity contribution is 5.75. The molecule has 4 aliphatic heterocycles. The van der Waals surface area contributed by atoms with Crippen LogP contribution >= 0.6 is 0 Å². The number of carbonyl (C=O) groups excluding carboxylic acids is 1. The molecule has 0 radical (unpaired) electrons. The quantitative estimate of drug-likeness (QED) is 0.118. The van der Waals surface area contributed by atoms with Gasteiger partial charge in [0.15, 0.2) is 0 Å². The fourth-order valence-electron chi connectivity index (χ4n) is 8.19. The summed E-state index contributed by atoms with van der Waals surface area (Å²) in [5.41, 5.74) is 2.72. The van der Waals surface area contributed by atoms with Gasteiger partial charge in [0.25, 0.3) is 0 Å². The lowest BCUT2D eigenvalue weighted by Crippen LogP contribution is -2.61. The zero-order valence-corrected chi connectivity index (χ0v) is 32.3. The molecule has 10 heteroatoms. The molecular weight excluding hydrogens is 664 g/mol. The number of aliphatic hydroxyl groups excluding tert-OH is 2. The second-order valence-electron chi connectivity index (χ2n) is 16.6. The summed E-state index contributed by atoms with van der Waals surface area (Å²) in [6, 6.07) is 7.87. The maximum Gasteiger partial charge on any atom is 0.311 e. The summed E-state index contributed by atoms with van der Waals surface area (Å²) < 4.78 is 43.8. The maximum atomic E-state index is 12.1. The van der Waals surface area contributed by atoms with Crippen molar-refractivity contribution in [2.75, 3.05) is 20.3 Å². The van der Waals surface area contributed by atoms with E-state index in [2.05, 4.69) is 27.0 Å². The van der Waals surface area contributed by atoms with Gasteiger partial charge in [-0.2, -0.15) is 0 Å².